The van der Waals surface area contributed by atoms with Crippen LogP contribution >= 0.6 is 31.9 Å². The standard InChI is InChI=1S/C15H12Br2F3N/c1-2-21-15(9-4-3-5-10(17)14(9)20)13-11(18)6-8(16)7-12(13)19/h3-7,15,21H,2H2,1H3. The minimum Gasteiger partial charge on any atom is -0.306 e. The molecule has 0 bridgehead atoms. The van der Waals surface area contributed by atoms with Gasteiger partial charge >= 0.3 is 0 Å². The molecule has 0 radical (unpaired) electrons. The molecule has 2 aromatic rings. The topological polar surface area (TPSA) is 12.0 Å². The zero-order valence-corrected chi connectivity index (χ0v) is 14.2. The van der Waals surface area contributed by atoms with E-state index < -0.39 is 23.5 Å². The van der Waals surface area contributed by atoms with Gasteiger partial charge in [0.25, 0.3) is 0 Å². The number of nitrogens with one attached hydrogen (secondary N) is 1. The van der Waals surface area contributed by atoms with Crippen LogP contribution < -0.4 is 5.32 Å². The molecule has 0 spiro atoms. The van der Waals surface area contributed by atoms with Gasteiger partial charge in [0.05, 0.1) is 10.5 Å². The second kappa shape index (κ2) is 6.94. The molecule has 2 aromatic carbocycles. The van der Waals surface area contributed by atoms with E-state index in [1.165, 1.54) is 24.3 Å². The molecular weight excluding hydrogens is 411 g/mol. The van der Waals surface area contributed by atoms with E-state index in [9.17, 15) is 13.2 Å². The van der Waals surface area contributed by atoms with Crippen LogP contribution in [0.2, 0.25) is 0 Å². The molecule has 112 valence electrons. The third kappa shape index (κ3) is 3.49. The van der Waals surface area contributed by atoms with Gasteiger partial charge in [-0.3, -0.25) is 0 Å². The predicted molar refractivity (Wildman–Crippen MR) is 83.7 cm³/mol. The van der Waals surface area contributed by atoms with Crippen LogP contribution in [0.3, 0.4) is 0 Å². The molecule has 1 unspecified atom stereocenters. The smallest absolute Gasteiger partial charge is 0.142 e. The van der Waals surface area contributed by atoms with Crippen molar-refractivity contribution in [1.82, 2.24) is 5.32 Å². The number of rotatable bonds is 4. The van der Waals surface area contributed by atoms with E-state index in [0.29, 0.717) is 11.0 Å². The fraction of sp³-hybridized carbons (Fsp3) is 0.200. The maximum absolute atomic E-state index is 14.3. The van der Waals surface area contributed by atoms with Gasteiger partial charge in [0.2, 0.25) is 0 Å². The summed E-state index contributed by atoms with van der Waals surface area (Å²) in [7, 11) is 0. The quantitative estimate of drug-likeness (QED) is 0.702. The van der Waals surface area contributed by atoms with Crippen LogP contribution in [0.25, 0.3) is 0 Å². The van der Waals surface area contributed by atoms with Crippen molar-refractivity contribution >= 4 is 31.9 Å². The number of hydrogen-bond donors (Lipinski definition) is 1. The summed E-state index contributed by atoms with van der Waals surface area (Å²) in [4.78, 5) is 0. The van der Waals surface area contributed by atoms with Crippen molar-refractivity contribution < 1.29 is 13.2 Å². The third-order valence-corrected chi connectivity index (χ3v) is 4.10. The molecular formula is C15H12Br2F3N. The summed E-state index contributed by atoms with van der Waals surface area (Å²) < 4.78 is 43.1. The first-order chi connectivity index (χ1) is 9.95. The van der Waals surface area contributed by atoms with Crippen molar-refractivity contribution in [1.29, 1.82) is 0 Å². The highest BCUT2D eigenvalue weighted by Gasteiger charge is 2.25. The zero-order chi connectivity index (χ0) is 15.6. The Bertz CT molecular complexity index is 638. The maximum Gasteiger partial charge on any atom is 0.142 e. The minimum absolute atomic E-state index is 0.186. The SMILES string of the molecule is CCNC(c1cccc(Br)c1F)c1c(F)cc(Br)cc1F. The summed E-state index contributed by atoms with van der Waals surface area (Å²) >= 11 is 6.12. The van der Waals surface area contributed by atoms with E-state index in [4.69, 9.17) is 0 Å². The zero-order valence-electron chi connectivity index (χ0n) is 11.1. The molecule has 0 aromatic heterocycles. The maximum atomic E-state index is 14.3. The van der Waals surface area contributed by atoms with Crippen LogP contribution in [0.5, 0.6) is 0 Å². The molecule has 0 fully saturated rings. The van der Waals surface area contributed by atoms with Crippen LogP contribution in [0.4, 0.5) is 13.2 Å². The third-order valence-electron chi connectivity index (χ3n) is 3.03. The monoisotopic (exact) mass is 421 g/mol. The lowest BCUT2D eigenvalue weighted by molar-refractivity contribution is 0.493. The van der Waals surface area contributed by atoms with Gasteiger partial charge in [-0.2, -0.15) is 0 Å². The van der Waals surface area contributed by atoms with Crippen molar-refractivity contribution in [3.05, 3.63) is 67.9 Å². The first kappa shape index (κ1) is 16.5. The van der Waals surface area contributed by atoms with Crippen molar-refractivity contribution in [3.8, 4) is 0 Å². The van der Waals surface area contributed by atoms with E-state index in [1.54, 1.807) is 13.0 Å². The molecule has 0 heterocycles. The molecule has 1 atom stereocenters. The Kier molecular flexibility index (Phi) is 5.46. The fourth-order valence-corrected chi connectivity index (χ4v) is 2.93. The summed E-state index contributed by atoms with van der Waals surface area (Å²) in [6, 6.07) is 6.10. The fourth-order valence-electron chi connectivity index (χ4n) is 2.14. The van der Waals surface area contributed by atoms with Crippen LogP contribution in [0.15, 0.2) is 39.3 Å². The Labute approximate surface area is 137 Å². The van der Waals surface area contributed by atoms with Crippen LogP contribution in [0, 0.1) is 17.5 Å². The molecule has 0 saturated heterocycles. The van der Waals surface area contributed by atoms with Gasteiger partial charge in [-0.25, -0.2) is 13.2 Å². The Hall–Kier alpha value is -0.850. The summed E-state index contributed by atoms with van der Waals surface area (Å²) in [5, 5.41) is 2.93. The van der Waals surface area contributed by atoms with Gasteiger partial charge < -0.3 is 5.32 Å². The lowest BCUT2D eigenvalue weighted by atomic mass is 9.97. The van der Waals surface area contributed by atoms with E-state index >= 15 is 0 Å². The Morgan fingerprint density at radius 2 is 1.71 bits per heavy atom. The molecule has 21 heavy (non-hydrogen) atoms. The van der Waals surface area contributed by atoms with Crippen molar-refractivity contribution in [2.45, 2.75) is 13.0 Å². The van der Waals surface area contributed by atoms with Gasteiger partial charge in [-0.15, -0.1) is 0 Å². The highest BCUT2D eigenvalue weighted by molar-refractivity contribution is 9.10. The van der Waals surface area contributed by atoms with Crippen LogP contribution in [0.1, 0.15) is 24.1 Å². The average molecular weight is 423 g/mol. The van der Waals surface area contributed by atoms with E-state index in [-0.39, 0.29) is 15.6 Å². The molecule has 0 saturated carbocycles. The molecule has 0 amide bonds. The second-order valence-corrected chi connectivity index (χ2v) is 6.19. The second-order valence-electron chi connectivity index (χ2n) is 4.42. The summed E-state index contributed by atoms with van der Waals surface area (Å²) in [6.07, 6.45) is 0. The van der Waals surface area contributed by atoms with E-state index in [0.717, 1.165) is 0 Å². The van der Waals surface area contributed by atoms with Gasteiger partial charge in [0.15, 0.2) is 0 Å². The molecule has 6 heteroatoms. The van der Waals surface area contributed by atoms with Gasteiger partial charge in [0.1, 0.15) is 17.5 Å². The molecule has 1 N–H and O–H groups in total. The lowest BCUT2D eigenvalue weighted by Gasteiger charge is -2.21. The molecule has 2 rings (SSSR count). The van der Waals surface area contributed by atoms with Crippen molar-refractivity contribution in [3.63, 3.8) is 0 Å². The molecule has 0 aliphatic carbocycles. The molecule has 1 nitrogen and oxygen atoms in total. The largest absolute Gasteiger partial charge is 0.306 e. The summed E-state index contributed by atoms with van der Waals surface area (Å²) in [5.74, 6) is -2.00. The Morgan fingerprint density at radius 1 is 1.10 bits per heavy atom. The number of hydrogen-bond acceptors (Lipinski definition) is 1. The normalized spacial score (nSPS) is 12.5. The highest BCUT2D eigenvalue weighted by Crippen LogP contribution is 2.32. The van der Waals surface area contributed by atoms with Gasteiger partial charge in [-0.05, 0) is 40.7 Å². The predicted octanol–water partition coefficient (Wildman–Crippen LogP) is 5.33. The van der Waals surface area contributed by atoms with Crippen LogP contribution in [-0.2, 0) is 0 Å². The molecule has 0 aliphatic rings. The first-order valence-electron chi connectivity index (χ1n) is 6.27. The van der Waals surface area contributed by atoms with E-state index in [2.05, 4.69) is 37.2 Å². The number of halogens is 5. The van der Waals surface area contributed by atoms with Crippen molar-refractivity contribution in [2.24, 2.45) is 0 Å². The number of benzene rings is 2. The Morgan fingerprint density at radius 3 is 2.29 bits per heavy atom. The van der Waals surface area contributed by atoms with E-state index in [1.807, 2.05) is 0 Å². The summed E-state index contributed by atoms with van der Waals surface area (Å²) in [5.41, 5.74) is -0.0107. The Balaban J connectivity index is 2.62. The lowest BCUT2D eigenvalue weighted by Crippen LogP contribution is -2.25. The molecule has 0 aliphatic heterocycles. The minimum atomic E-state index is -0.902. The van der Waals surface area contributed by atoms with Gasteiger partial charge in [0, 0.05) is 15.6 Å². The highest BCUT2D eigenvalue weighted by atomic mass is 79.9. The van der Waals surface area contributed by atoms with Crippen molar-refractivity contribution in [2.75, 3.05) is 6.54 Å². The summed E-state index contributed by atoms with van der Waals surface area (Å²) in [6.45, 7) is 2.23. The first-order valence-corrected chi connectivity index (χ1v) is 7.86. The van der Waals surface area contributed by atoms with Gasteiger partial charge in [-0.1, -0.05) is 35.0 Å². The van der Waals surface area contributed by atoms with Crippen LogP contribution in [-0.4, -0.2) is 6.54 Å². The average Bonchev–Trinajstić information content (AvgIpc) is 2.40.